The Morgan fingerprint density at radius 3 is 2.36 bits per heavy atom. The molecule has 39 heavy (non-hydrogen) atoms. The Balaban J connectivity index is 1.39. The van der Waals surface area contributed by atoms with Crippen LogP contribution in [0.5, 0.6) is 0 Å². The van der Waals surface area contributed by atoms with Crippen molar-refractivity contribution in [2.45, 2.75) is 31.0 Å². The quantitative estimate of drug-likeness (QED) is 0.311. The molecule has 10 heteroatoms. The molecule has 4 aromatic rings. The topological polar surface area (TPSA) is 106 Å². The first-order valence-electron chi connectivity index (χ1n) is 12.5. The van der Waals surface area contributed by atoms with E-state index in [0.29, 0.717) is 16.7 Å². The summed E-state index contributed by atoms with van der Waals surface area (Å²) in [6.45, 7) is 3.87. The first kappa shape index (κ1) is 26.7. The molecule has 2 unspecified atom stereocenters. The van der Waals surface area contributed by atoms with Crippen LogP contribution in [0.25, 0.3) is 11.0 Å². The highest BCUT2D eigenvalue weighted by Gasteiger charge is 2.32. The summed E-state index contributed by atoms with van der Waals surface area (Å²) in [6, 6.07) is 18.0. The van der Waals surface area contributed by atoms with Crippen molar-refractivity contribution in [3.63, 3.8) is 0 Å². The van der Waals surface area contributed by atoms with Crippen molar-refractivity contribution in [3.05, 3.63) is 95.5 Å². The lowest BCUT2D eigenvalue weighted by Crippen LogP contribution is -2.48. The van der Waals surface area contributed by atoms with E-state index in [1.54, 1.807) is 30.3 Å². The third kappa shape index (κ3) is 5.49. The van der Waals surface area contributed by atoms with E-state index >= 15 is 0 Å². The van der Waals surface area contributed by atoms with Crippen LogP contribution in [-0.4, -0.2) is 56.1 Å². The molecule has 1 aliphatic rings. The molecule has 5 rings (SSSR count). The largest absolute Gasteiger partial charge is 0.450 e. The summed E-state index contributed by atoms with van der Waals surface area (Å²) in [5.74, 6) is -1.33. The molecule has 1 saturated heterocycles. The van der Waals surface area contributed by atoms with E-state index in [2.05, 4.69) is 5.32 Å². The number of ketones is 2. The lowest BCUT2D eigenvalue weighted by Gasteiger charge is -2.34. The SMILES string of the molecule is CC1CN(S(=O)(=O)c2cccc(C(=O)CNc3c(C(=O)c4ccc(F)cc4)oc4ccccc34)c2)CC(C)O1. The Morgan fingerprint density at radius 2 is 1.64 bits per heavy atom. The molecule has 0 radical (unpaired) electrons. The van der Waals surface area contributed by atoms with Crippen LogP contribution in [0, 0.1) is 5.82 Å². The van der Waals surface area contributed by atoms with E-state index in [1.165, 1.54) is 46.8 Å². The molecule has 1 fully saturated rings. The molecule has 202 valence electrons. The van der Waals surface area contributed by atoms with Gasteiger partial charge >= 0.3 is 0 Å². The number of nitrogens with zero attached hydrogens (tertiary/aromatic N) is 1. The number of para-hydroxylation sites is 1. The maximum absolute atomic E-state index is 13.4. The predicted octanol–water partition coefficient (Wildman–Crippen LogP) is 4.90. The fraction of sp³-hybridized carbons (Fsp3) is 0.241. The van der Waals surface area contributed by atoms with E-state index in [4.69, 9.17) is 9.15 Å². The third-order valence-corrected chi connectivity index (χ3v) is 8.34. The summed E-state index contributed by atoms with van der Waals surface area (Å²) in [5, 5.41) is 3.61. The van der Waals surface area contributed by atoms with Crippen molar-refractivity contribution >= 4 is 38.2 Å². The number of morpholine rings is 1. The average Bonchev–Trinajstić information content (AvgIpc) is 3.30. The number of rotatable bonds is 8. The number of hydrogen-bond donors (Lipinski definition) is 1. The number of Topliss-reactive ketones (excluding diaryl/α,β-unsaturated/α-hetero) is 1. The van der Waals surface area contributed by atoms with Crippen molar-refractivity contribution in [2.24, 2.45) is 0 Å². The van der Waals surface area contributed by atoms with Gasteiger partial charge < -0.3 is 14.5 Å². The van der Waals surface area contributed by atoms with Crippen LogP contribution in [-0.2, 0) is 14.8 Å². The average molecular weight is 551 g/mol. The van der Waals surface area contributed by atoms with Gasteiger partial charge in [0.25, 0.3) is 0 Å². The molecule has 3 aromatic carbocycles. The molecule has 2 heterocycles. The molecule has 8 nitrogen and oxygen atoms in total. The monoisotopic (exact) mass is 550 g/mol. The predicted molar refractivity (Wildman–Crippen MR) is 144 cm³/mol. The lowest BCUT2D eigenvalue weighted by molar-refractivity contribution is -0.0440. The van der Waals surface area contributed by atoms with Gasteiger partial charge in [-0.1, -0.05) is 24.3 Å². The van der Waals surface area contributed by atoms with Gasteiger partial charge in [0.1, 0.15) is 11.4 Å². The number of benzene rings is 3. The van der Waals surface area contributed by atoms with Crippen LogP contribution in [0.3, 0.4) is 0 Å². The number of furan rings is 1. The fourth-order valence-corrected chi connectivity index (χ4v) is 6.33. The second kappa shape index (κ2) is 10.7. The van der Waals surface area contributed by atoms with E-state index in [1.807, 2.05) is 13.8 Å². The van der Waals surface area contributed by atoms with Crippen LogP contribution >= 0.6 is 0 Å². The Kier molecular flexibility index (Phi) is 7.35. The molecule has 1 aliphatic heterocycles. The van der Waals surface area contributed by atoms with Crippen molar-refractivity contribution in [2.75, 3.05) is 25.0 Å². The smallest absolute Gasteiger partial charge is 0.243 e. The number of carbonyl (C=O) groups is 2. The maximum atomic E-state index is 13.4. The summed E-state index contributed by atoms with van der Waals surface area (Å²) in [7, 11) is -3.83. The zero-order valence-electron chi connectivity index (χ0n) is 21.4. The Morgan fingerprint density at radius 1 is 0.949 bits per heavy atom. The first-order chi connectivity index (χ1) is 18.6. The lowest BCUT2D eigenvalue weighted by atomic mass is 10.1. The summed E-state index contributed by atoms with van der Waals surface area (Å²) in [5.41, 5.74) is 1.21. The van der Waals surface area contributed by atoms with E-state index < -0.39 is 21.6 Å². The van der Waals surface area contributed by atoms with Crippen molar-refractivity contribution in [1.29, 1.82) is 0 Å². The Labute approximate surface area is 225 Å². The van der Waals surface area contributed by atoms with Gasteiger partial charge in [-0.05, 0) is 62.4 Å². The summed E-state index contributed by atoms with van der Waals surface area (Å²) < 4.78 is 52.8. The number of sulfonamides is 1. The molecule has 0 saturated carbocycles. The zero-order chi connectivity index (χ0) is 27.7. The minimum Gasteiger partial charge on any atom is -0.450 e. The number of anilines is 1. The molecule has 0 bridgehead atoms. The maximum Gasteiger partial charge on any atom is 0.243 e. The minimum absolute atomic E-state index is 0.0116. The highest BCUT2D eigenvalue weighted by atomic mass is 32.2. The molecule has 1 aromatic heterocycles. The van der Waals surface area contributed by atoms with Crippen molar-refractivity contribution in [1.82, 2.24) is 4.31 Å². The van der Waals surface area contributed by atoms with Gasteiger partial charge in [0.05, 0.1) is 29.3 Å². The second-order valence-electron chi connectivity index (χ2n) is 9.52. The van der Waals surface area contributed by atoms with Gasteiger partial charge in [-0.25, -0.2) is 12.8 Å². The van der Waals surface area contributed by atoms with E-state index in [-0.39, 0.29) is 59.4 Å². The number of halogens is 1. The molecular weight excluding hydrogens is 523 g/mol. The number of hydrogen-bond acceptors (Lipinski definition) is 7. The van der Waals surface area contributed by atoms with Crippen LogP contribution in [0.1, 0.15) is 40.3 Å². The second-order valence-corrected chi connectivity index (χ2v) is 11.5. The number of fused-ring (bicyclic) bond motifs is 1. The summed E-state index contributed by atoms with van der Waals surface area (Å²) >= 11 is 0. The molecule has 1 N–H and O–H groups in total. The molecule has 0 amide bonds. The van der Waals surface area contributed by atoms with Crippen molar-refractivity contribution in [3.8, 4) is 0 Å². The van der Waals surface area contributed by atoms with Crippen LogP contribution in [0.15, 0.2) is 82.1 Å². The number of ether oxygens (including phenoxy) is 1. The summed E-state index contributed by atoms with van der Waals surface area (Å²) in [6.07, 6.45) is -0.483. The number of nitrogens with one attached hydrogen (secondary N) is 1. The highest BCUT2D eigenvalue weighted by molar-refractivity contribution is 7.89. The molecule has 0 aliphatic carbocycles. The van der Waals surface area contributed by atoms with Gasteiger partial charge in [0, 0.05) is 29.6 Å². The van der Waals surface area contributed by atoms with Gasteiger partial charge in [0.2, 0.25) is 15.8 Å². The van der Waals surface area contributed by atoms with Crippen LogP contribution < -0.4 is 5.32 Å². The number of carbonyl (C=O) groups excluding carboxylic acids is 2. The normalized spacial score (nSPS) is 18.2. The van der Waals surface area contributed by atoms with Crippen molar-refractivity contribution < 1.29 is 31.6 Å². The highest BCUT2D eigenvalue weighted by Crippen LogP contribution is 2.32. The fourth-order valence-electron chi connectivity index (χ4n) is 4.69. The summed E-state index contributed by atoms with van der Waals surface area (Å²) in [4.78, 5) is 26.4. The van der Waals surface area contributed by atoms with Gasteiger partial charge in [-0.3, -0.25) is 9.59 Å². The van der Waals surface area contributed by atoms with Crippen LogP contribution in [0.2, 0.25) is 0 Å². The van der Waals surface area contributed by atoms with E-state index in [0.717, 1.165) is 0 Å². The van der Waals surface area contributed by atoms with Gasteiger partial charge in [0.15, 0.2) is 11.5 Å². The molecule has 0 spiro atoms. The van der Waals surface area contributed by atoms with Gasteiger partial charge in [-0.15, -0.1) is 0 Å². The Bertz CT molecular complexity index is 1640. The standard InChI is InChI=1S/C29H27FN2O6S/c1-18-16-32(17-19(2)37-18)39(35,36)23-7-5-6-21(14-23)25(33)15-31-27-24-8-3-4-9-26(24)38-29(27)28(34)20-10-12-22(30)13-11-20/h3-14,18-19,31H,15-17H2,1-2H3. The van der Waals surface area contributed by atoms with E-state index in [9.17, 15) is 22.4 Å². The van der Waals surface area contributed by atoms with Gasteiger partial charge in [-0.2, -0.15) is 4.31 Å². The Hall–Kier alpha value is -3.86. The first-order valence-corrected chi connectivity index (χ1v) is 13.9. The molecule has 2 atom stereocenters. The molecular formula is C29H27FN2O6S. The minimum atomic E-state index is -3.83. The zero-order valence-corrected chi connectivity index (χ0v) is 22.2. The third-order valence-electron chi connectivity index (χ3n) is 6.51. The van der Waals surface area contributed by atoms with Crippen LogP contribution in [0.4, 0.5) is 10.1 Å².